The number of ether oxygens (including phenoxy) is 1. The summed E-state index contributed by atoms with van der Waals surface area (Å²) in [4.78, 5) is 0. The summed E-state index contributed by atoms with van der Waals surface area (Å²) in [7, 11) is 0. The second-order valence-electron chi connectivity index (χ2n) is 6.90. The lowest BCUT2D eigenvalue weighted by atomic mass is 9.98. The quantitative estimate of drug-likeness (QED) is 0.443. The van der Waals surface area contributed by atoms with E-state index in [1.165, 1.54) is 6.39 Å². The van der Waals surface area contributed by atoms with E-state index in [1.54, 1.807) is 0 Å². The third-order valence-electron chi connectivity index (χ3n) is 4.73. The summed E-state index contributed by atoms with van der Waals surface area (Å²) in [5.74, 6) is 1.12. The minimum absolute atomic E-state index is 0.00395. The average Bonchev–Trinajstić information content (AvgIpc) is 3.35. The molecule has 1 aromatic heterocycles. The number of benzene rings is 3. The van der Waals surface area contributed by atoms with Crippen LogP contribution >= 0.6 is 0 Å². The number of aliphatic hydroxyl groups excluding tert-OH is 1. The van der Waals surface area contributed by atoms with E-state index in [1.807, 2.05) is 60.7 Å². The molecule has 1 heterocycles. The van der Waals surface area contributed by atoms with Crippen LogP contribution in [0.2, 0.25) is 0 Å². The van der Waals surface area contributed by atoms with Crippen LogP contribution < -0.4 is 10.1 Å². The normalized spacial score (nSPS) is 12.1. The van der Waals surface area contributed by atoms with Gasteiger partial charge in [-0.3, -0.25) is 0 Å². The van der Waals surface area contributed by atoms with E-state index in [2.05, 4.69) is 39.8 Å². The molecule has 0 fully saturated rings. The molecule has 0 aliphatic carbocycles. The summed E-state index contributed by atoms with van der Waals surface area (Å²) in [6.45, 7) is 0.581. The Kier molecular flexibility index (Phi) is 6.49. The lowest BCUT2D eigenvalue weighted by molar-refractivity contribution is 0.105. The highest BCUT2D eigenvalue weighted by Gasteiger charge is 2.15. The zero-order valence-electron chi connectivity index (χ0n) is 16.4. The molecule has 6 nitrogen and oxygen atoms in total. The molecule has 0 saturated heterocycles. The Hall–Kier alpha value is -3.48. The summed E-state index contributed by atoms with van der Waals surface area (Å²) in [6.07, 6.45) is 0.636. The molecule has 0 aliphatic rings. The molecule has 6 heteroatoms. The molecule has 4 aromatic rings. The van der Waals surface area contributed by atoms with Gasteiger partial charge in [-0.2, -0.15) is 0 Å². The number of hydrogen-bond acceptors (Lipinski definition) is 6. The lowest BCUT2D eigenvalue weighted by Crippen LogP contribution is -2.34. The van der Waals surface area contributed by atoms with Gasteiger partial charge in [0.2, 0.25) is 12.3 Å². The summed E-state index contributed by atoms with van der Waals surface area (Å²) >= 11 is 0. The maximum absolute atomic E-state index is 10.4. The first-order chi connectivity index (χ1) is 14.8. The second-order valence-corrected chi connectivity index (χ2v) is 6.90. The molecule has 0 aliphatic heterocycles. The minimum atomic E-state index is -0.657. The van der Waals surface area contributed by atoms with Crippen molar-refractivity contribution in [1.29, 1.82) is 0 Å². The largest absolute Gasteiger partial charge is 0.491 e. The third-order valence-corrected chi connectivity index (χ3v) is 4.73. The van der Waals surface area contributed by atoms with E-state index < -0.39 is 6.10 Å². The summed E-state index contributed by atoms with van der Waals surface area (Å²) in [5.41, 5.74) is 3.11. The van der Waals surface area contributed by atoms with E-state index in [-0.39, 0.29) is 12.6 Å². The predicted octanol–water partition coefficient (Wildman–Crippen LogP) is 3.86. The lowest BCUT2D eigenvalue weighted by Gasteiger charge is -2.22. The second kappa shape index (κ2) is 9.82. The van der Waals surface area contributed by atoms with Gasteiger partial charge in [-0.05, 0) is 35.4 Å². The molecule has 152 valence electrons. The Labute approximate surface area is 175 Å². The van der Waals surface area contributed by atoms with E-state index in [0.717, 1.165) is 16.7 Å². The monoisotopic (exact) mass is 401 g/mol. The zero-order chi connectivity index (χ0) is 20.6. The van der Waals surface area contributed by atoms with Crippen molar-refractivity contribution in [3.05, 3.63) is 102 Å². The van der Waals surface area contributed by atoms with Gasteiger partial charge >= 0.3 is 0 Å². The van der Waals surface area contributed by atoms with Gasteiger partial charge in [-0.1, -0.05) is 60.7 Å². The van der Waals surface area contributed by atoms with Gasteiger partial charge < -0.3 is 19.6 Å². The van der Waals surface area contributed by atoms with Crippen LogP contribution in [0.4, 0.5) is 0 Å². The van der Waals surface area contributed by atoms with Gasteiger partial charge in [-0.15, -0.1) is 10.2 Å². The number of aliphatic hydroxyl groups is 1. The highest BCUT2D eigenvalue weighted by molar-refractivity contribution is 5.53. The molecule has 0 bridgehead atoms. The molecule has 0 unspecified atom stereocenters. The van der Waals surface area contributed by atoms with Crippen molar-refractivity contribution in [3.63, 3.8) is 0 Å². The van der Waals surface area contributed by atoms with Crippen LogP contribution in [0, 0.1) is 0 Å². The fraction of sp³-hybridized carbons (Fsp3) is 0.167. The molecule has 2 N–H and O–H groups in total. The van der Waals surface area contributed by atoms with Crippen LogP contribution in [-0.2, 0) is 0 Å². The third kappa shape index (κ3) is 5.11. The van der Waals surface area contributed by atoms with Crippen molar-refractivity contribution in [2.45, 2.75) is 12.1 Å². The van der Waals surface area contributed by atoms with E-state index in [9.17, 15) is 5.11 Å². The van der Waals surface area contributed by atoms with Crippen LogP contribution in [0.25, 0.3) is 11.5 Å². The fourth-order valence-corrected chi connectivity index (χ4v) is 3.22. The molecule has 4 rings (SSSR count). The molecule has 1 atom stereocenters. The Morgan fingerprint density at radius 1 is 0.867 bits per heavy atom. The van der Waals surface area contributed by atoms with Crippen LogP contribution in [0.15, 0.2) is 95.7 Å². The molecule has 0 saturated carbocycles. The first-order valence-electron chi connectivity index (χ1n) is 9.80. The van der Waals surface area contributed by atoms with Gasteiger partial charge in [0.05, 0.1) is 6.04 Å². The first-order valence-corrected chi connectivity index (χ1v) is 9.80. The Morgan fingerprint density at radius 3 is 2.07 bits per heavy atom. The number of nitrogens with one attached hydrogen (secondary N) is 1. The molecular weight excluding hydrogens is 378 g/mol. The van der Waals surface area contributed by atoms with Gasteiger partial charge in [0.25, 0.3) is 0 Å². The molecular formula is C24H23N3O3. The van der Waals surface area contributed by atoms with Gasteiger partial charge in [0.1, 0.15) is 18.5 Å². The number of aromatic nitrogens is 2. The first kappa shape index (κ1) is 19.8. The molecule has 30 heavy (non-hydrogen) atoms. The molecule has 0 spiro atoms. The van der Waals surface area contributed by atoms with Gasteiger partial charge in [0, 0.05) is 12.1 Å². The zero-order valence-corrected chi connectivity index (χ0v) is 16.4. The summed E-state index contributed by atoms with van der Waals surface area (Å²) in [6, 6.07) is 27.7. The Bertz CT molecular complexity index is 967. The summed E-state index contributed by atoms with van der Waals surface area (Å²) in [5, 5.41) is 21.4. The van der Waals surface area contributed by atoms with E-state index in [4.69, 9.17) is 9.15 Å². The van der Waals surface area contributed by atoms with Crippen molar-refractivity contribution >= 4 is 0 Å². The molecule has 0 amide bonds. The van der Waals surface area contributed by atoms with Gasteiger partial charge in [-0.25, -0.2) is 0 Å². The summed E-state index contributed by atoms with van der Waals surface area (Å²) < 4.78 is 10.9. The van der Waals surface area contributed by atoms with E-state index in [0.29, 0.717) is 18.2 Å². The number of hydrogen-bond donors (Lipinski definition) is 2. The smallest absolute Gasteiger partial charge is 0.247 e. The van der Waals surface area contributed by atoms with Crippen LogP contribution in [0.3, 0.4) is 0 Å². The van der Waals surface area contributed by atoms with Crippen molar-refractivity contribution in [2.75, 3.05) is 13.2 Å². The molecule has 3 aromatic carbocycles. The standard InChI is InChI=1S/C24H23N3O3/c28-21(16-29-22-13-11-20(12-14-22)24-27-26-17-30-24)15-25-23(18-7-3-1-4-8-18)19-9-5-2-6-10-19/h1-14,17,21,23,25,28H,15-16H2/t21-/m1/s1. The predicted molar refractivity (Wildman–Crippen MR) is 114 cm³/mol. The average molecular weight is 401 g/mol. The van der Waals surface area contributed by atoms with Gasteiger partial charge in [0.15, 0.2) is 0 Å². The van der Waals surface area contributed by atoms with Crippen molar-refractivity contribution in [1.82, 2.24) is 15.5 Å². The van der Waals surface area contributed by atoms with Crippen molar-refractivity contribution in [3.8, 4) is 17.2 Å². The maximum Gasteiger partial charge on any atom is 0.247 e. The Morgan fingerprint density at radius 2 is 1.50 bits per heavy atom. The maximum atomic E-state index is 10.4. The highest BCUT2D eigenvalue weighted by Crippen LogP contribution is 2.22. The number of rotatable bonds is 9. The number of nitrogens with zero attached hydrogens (tertiary/aromatic N) is 2. The minimum Gasteiger partial charge on any atom is -0.491 e. The van der Waals surface area contributed by atoms with Crippen LogP contribution in [0.1, 0.15) is 17.2 Å². The van der Waals surface area contributed by atoms with Crippen molar-refractivity contribution in [2.24, 2.45) is 0 Å². The molecule has 0 radical (unpaired) electrons. The van der Waals surface area contributed by atoms with Crippen LogP contribution in [0.5, 0.6) is 5.75 Å². The van der Waals surface area contributed by atoms with Crippen molar-refractivity contribution < 1.29 is 14.3 Å². The fourth-order valence-electron chi connectivity index (χ4n) is 3.22. The van der Waals surface area contributed by atoms with Crippen LogP contribution in [-0.4, -0.2) is 34.6 Å². The Balaban J connectivity index is 1.33. The highest BCUT2D eigenvalue weighted by atomic mass is 16.5. The van der Waals surface area contributed by atoms with E-state index >= 15 is 0 Å². The SMILES string of the molecule is O[C@H](CNC(c1ccccc1)c1ccccc1)COc1ccc(-c2nnco2)cc1. The topological polar surface area (TPSA) is 80.4 Å².